The molecule has 2 rings (SSSR count). The SMILES string of the molecule is C=CCN1C(=O)C[C@H](Nc2ccc(OC)cc2)C1=O. The number of anilines is 1. The number of hydrogen-bond donors (Lipinski definition) is 1. The quantitative estimate of drug-likeness (QED) is 0.642. The number of benzene rings is 1. The number of carbonyl (C=O) groups excluding carboxylic acids is 2. The molecular formula is C14H16N2O3. The van der Waals surface area contributed by atoms with Gasteiger partial charge in [0.05, 0.1) is 13.5 Å². The molecule has 0 unspecified atom stereocenters. The second-order valence-electron chi connectivity index (χ2n) is 4.26. The van der Waals surface area contributed by atoms with Crippen molar-refractivity contribution >= 4 is 17.5 Å². The lowest BCUT2D eigenvalue weighted by molar-refractivity contribution is -0.137. The topological polar surface area (TPSA) is 58.6 Å². The van der Waals surface area contributed by atoms with E-state index in [1.807, 2.05) is 12.1 Å². The van der Waals surface area contributed by atoms with Gasteiger partial charge in [-0.1, -0.05) is 6.08 Å². The molecule has 5 heteroatoms. The lowest BCUT2D eigenvalue weighted by atomic mass is 10.2. The fraction of sp³-hybridized carbons (Fsp3) is 0.286. The van der Waals surface area contributed by atoms with Crippen LogP contribution < -0.4 is 10.1 Å². The second-order valence-corrected chi connectivity index (χ2v) is 4.26. The molecule has 1 atom stereocenters. The largest absolute Gasteiger partial charge is 0.497 e. The molecule has 1 N–H and O–H groups in total. The van der Waals surface area contributed by atoms with E-state index in [1.165, 1.54) is 4.90 Å². The molecule has 100 valence electrons. The molecule has 1 aliphatic rings. The van der Waals surface area contributed by atoms with Gasteiger partial charge in [-0.2, -0.15) is 0 Å². The minimum Gasteiger partial charge on any atom is -0.497 e. The van der Waals surface area contributed by atoms with Crippen LogP contribution in [-0.4, -0.2) is 36.4 Å². The smallest absolute Gasteiger partial charge is 0.252 e. The highest BCUT2D eigenvalue weighted by atomic mass is 16.5. The van der Waals surface area contributed by atoms with Crippen LogP contribution in [0, 0.1) is 0 Å². The van der Waals surface area contributed by atoms with E-state index in [0.717, 1.165) is 11.4 Å². The van der Waals surface area contributed by atoms with Gasteiger partial charge in [-0.3, -0.25) is 14.5 Å². The van der Waals surface area contributed by atoms with Crippen LogP contribution in [0.2, 0.25) is 0 Å². The van der Waals surface area contributed by atoms with Gasteiger partial charge < -0.3 is 10.1 Å². The summed E-state index contributed by atoms with van der Waals surface area (Å²) < 4.78 is 5.06. The fourth-order valence-electron chi connectivity index (χ4n) is 2.01. The first-order chi connectivity index (χ1) is 9.15. The van der Waals surface area contributed by atoms with Crippen LogP contribution in [0.5, 0.6) is 5.75 Å². The maximum atomic E-state index is 12.0. The zero-order valence-corrected chi connectivity index (χ0v) is 10.8. The van der Waals surface area contributed by atoms with Crippen LogP contribution in [0.25, 0.3) is 0 Å². The standard InChI is InChI=1S/C14H16N2O3/c1-3-8-16-13(17)9-12(14(16)18)15-10-4-6-11(19-2)7-5-10/h3-7,12,15H,1,8-9H2,2H3/t12-/m0/s1. The number of methoxy groups -OCH3 is 1. The molecule has 1 aromatic carbocycles. The zero-order chi connectivity index (χ0) is 13.8. The van der Waals surface area contributed by atoms with Crippen molar-refractivity contribution in [2.75, 3.05) is 19.0 Å². The van der Waals surface area contributed by atoms with Gasteiger partial charge in [0.1, 0.15) is 11.8 Å². The van der Waals surface area contributed by atoms with Gasteiger partial charge in [0.25, 0.3) is 5.91 Å². The summed E-state index contributed by atoms with van der Waals surface area (Å²) in [5.41, 5.74) is 0.785. The fourth-order valence-corrected chi connectivity index (χ4v) is 2.01. The normalized spacial score (nSPS) is 18.6. The Hall–Kier alpha value is -2.30. The Bertz CT molecular complexity index is 496. The lowest BCUT2D eigenvalue weighted by Gasteiger charge is -2.14. The van der Waals surface area contributed by atoms with E-state index in [9.17, 15) is 9.59 Å². The van der Waals surface area contributed by atoms with Gasteiger partial charge in [-0.05, 0) is 24.3 Å². The number of hydrogen-bond acceptors (Lipinski definition) is 4. The lowest BCUT2D eigenvalue weighted by Crippen LogP contribution is -2.34. The highest BCUT2D eigenvalue weighted by Crippen LogP contribution is 2.20. The molecule has 1 heterocycles. The Balaban J connectivity index is 2.05. The van der Waals surface area contributed by atoms with Crippen LogP contribution in [0.1, 0.15) is 6.42 Å². The number of likely N-dealkylation sites (tertiary alicyclic amines) is 1. The minimum atomic E-state index is -0.499. The van der Waals surface area contributed by atoms with Crippen molar-refractivity contribution in [2.24, 2.45) is 0 Å². The van der Waals surface area contributed by atoms with E-state index in [1.54, 1.807) is 25.3 Å². The first-order valence-corrected chi connectivity index (χ1v) is 6.01. The van der Waals surface area contributed by atoms with Crippen molar-refractivity contribution in [1.82, 2.24) is 4.90 Å². The average Bonchev–Trinajstić information content (AvgIpc) is 2.68. The molecule has 2 amide bonds. The maximum absolute atomic E-state index is 12.0. The summed E-state index contributed by atoms with van der Waals surface area (Å²) in [4.78, 5) is 24.9. The number of carbonyl (C=O) groups is 2. The Labute approximate surface area is 111 Å². The summed E-state index contributed by atoms with van der Waals surface area (Å²) in [6, 6.07) is 6.72. The Kier molecular flexibility index (Phi) is 3.85. The summed E-state index contributed by atoms with van der Waals surface area (Å²) in [6.45, 7) is 3.80. The molecule has 1 aliphatic heterocycles. The predicted octanol–water partition coefficient (Wildman–Crippen LogP) is 1.42. The van der Waals surface area contributed by atoms with E-state index >= 15 is 0 Å². The number of nitrogens with zero attached hydrogens (tertiary/aromatic N) is 1. The van der Waals surface area contributed by atoms with Crippen LogP contribution in [-0.2, 0) is 9.59 Å². The molecule has 1 fully saturated rings. The van der Waals surface area contributed by atoms with Gasteiger partial charge >= 0.3 is 0 Å². The van der Waals surface area contributed by atoms with Crippen LogP contribution >= 0.6 is 0 Å². The Morgan fingerprint density at radius 2 is 2.11 bits per heavy atom. The van der Waals surface area contributed by atoms with Gasteiger partial charge in [0.2, 0.25) is 5.91 Å². The van der Waals surface area contributed by atoms with Gasteiger partial charge in [0, 0.05) is 12.2 Å². The third kappa shape index (κ3) is 2.76. The number of rotatable bonds is 5. The number of imide groups is 1. The molecule has 0 bridgehead atoms. The third-order valence-corrected chi connectivity index (χ3v) is 2.99. The summed E-state index contributed by atoms with van der Waals surface area (Å²) in [7, 11) is 1.59. The molecule has 1 saturated heterocycles. The van der Waals surface area contributed by atoms with Crippen LogP contribution in [0.3, 0.4) is 0 Å². The molecule has 0 aliphatic carbocycles. The van der Waals surface area contributed by atoms with Crippen molar-refractivity contribution in [1.29, 1.82) is 0 Å². The van der Waals surface area contributed by atoms with Crippen molar-refractivity contribution in [3.05, 3.63) is 36.9 Å². The number of ether oxygens (including phenoxy) is 1. The number of nitrogens with one attached hydrogen (secondary N) is 1. The highest BCUT2D eigenvalue weighted by Gasteiger charge is 2.37. The molecule has 1 aromatic rings. The first kappa shape index (κ1) is 13.1. The average molecular weight is 260 g/mol. The maximum Gasteiger partial charge on any atom is 0.252 e. The van der Waals surface area contributed by atoms with E-state index in [-0.39, 0.29) is 24.8 Å². The molecule has 0 spiro atoms. The first-order valence-electron chi connectivity index (χ1n) is 6.01. The molecular weight excluding hydrogens is 244 g/mol. The molecule has 0 saturated carbocycles. The van der Waals surface area contributed by atoms with E-state index in [4.69, 9.17) is 4.74 Å². The third-order valence-electron chi connectivity index (χ3n) is 2.99. The van der Waals surface area contributed by atoms with Gasteiger partial charge in [-0.15, -0.1) is 6.58 Å². The van der Waals surface area contributed by atoms with Crippen LogP contribution in [0.15, 0.2) is 36.9 Å². The molecule has 19 heavy (non-hydrogen) atoms. The van der Waals surface area contributed by atoms with Gasteiger partial charge in [-0.25, -0.2) is 0 Å². The van der Waals surface area contributed by atoms with E-state index in [0.29, 0.717) is 0 Å². The second kappa shape index (κ2) is 5.56. The molecule has 0 aromatic heterocycles. The van der Waals surface area contributed by atoms with Crippen LogP contribution in [0.4, 0.5) is 5.69 Å². The Morgan fingerprint density at radius 1 is 1.42 bits per heavy atom. The van der Waals surface area contributed by atoms with Crippen molar-refractivity contribution in [3.8, 4) is 5.75 Å². The monoisotopic (exact) mass is 260 g/mol. The minimum absolute atomic E-state index is 0.170. The summed E-state index contributed by atoms with van der Waals surface area (Å²) in [5, 5.41) is 3.06. The molecule has 5 nitrogen and oxygen atoms in total. The Morgan fingerprint density at radius 3 is 2.68 bits per heavy atom. The zero-order valence-electron chi connectivity index (χ0n) is 10.8. The van der Waals surface area contributed by atoms with Crippen molar-refractivity contribution < 1.29 is 14.3 Å². The highest BCUT2D eigenvalue weighted by molar-refractivity contribution is 6.06. The van der Waals surface area contributed by atoms with Crippen molar-refractivity contribution in [3.63, 3.8) is 0 Å². The predicted molar refractivity (Wildman–Crippen MR) is 71.9 cm³/mol. The number of amides is 2. The summed E-state index contributed by atoms with van der Waals surface area (Å²) in [6.07, 6.45) is 1.73. The van der Waals surface area contributed by atoms with Gasteiger partial charge in [0.15, 0.2) is 0 Å². The summed E-state index contributed by atoms with van der Waals surface area (Å²) >= 11 is 0. The summed E-state index contributed by atoms with van der Waals surface area (Å²) in [5.74, 6) is 0.365. The molecule has 0 radical (unpaired) electrons. The van der Waals surface area contributed by atoms with Crippen molar-refractivity contribution in [2.45, 2.75) is 12.5 Å². The van der Waals surface area contributed by atoms with E-state index < -0.39 is 6.04 Å². The van der Waals surface area contributed by atoms with E-state index in [2.05, 4.69) is 11.9 Å².